The number of benzene rings is 1. The van der Waals surface area contributed by atoms with Crippen LogP contribution in [0.4, 0.5) is 8.78 Å². The van der Waals surface area contributed by atoms with Gasteiger partial charge in [-0.05, 0) is 127 Å². The zero-order chi connectivity index (χ0) is 24.0. The van der Waals surface area contributed by atoms with E-state index in [1.54, 1.807) is 0 Å². The van der Waals surface area contributed by atoms with E-state index in [1.807, 2.05) is 46.9 Å². The third-order valence-corrected chi connectivity index (χ3v) is 9.10. The summed E-state index contributed by atoms with van der Waals surface area (Å²) in [6.45, 7) is 7.60. The number of halogens is 2. The van der Waals surface area contributed by atoms with E-state index in [4.69, 9.17) is 4.74 Å². The summed E-state index contributed by atoms with van der Waals surface area (Å²) < 4.78 is 36.2. The minimum Gasteiger partial charge on any atom is -0.381 e. The minimum absolute atomic E-state index is 0.108. The van der Waals surface area contributed by atoms with Gasteiger partial charge in [-0.1, -0.05) is 12.1 Å². The van der Waals surface area contributed by atoms with Crippen LogP contribution in [0.25, 0.3) is 0 Å². The van der Waals surface area contributed by atoms with E-state index in [1.165, 1.54) is 12.8 Å². The van der Waals surface area contributed by atoms with Crippen LogP contribution in [0.1, 0.15) is 115 Å². The van der Waals surface area contributed by atoms with Crippen molar-refractivity contribution in [2.24, 2.45) is 11.8 Å². The largest absolute Gasteiger partial charge is 0.381 e. The maximum atomic E-state index is 15.4. The Morgan fingerprint density at radius 2 is 1.18 bits per heavy atom. The van der Waals surface area contributed by atoms with Crippen LogP contribution in [-0.4, -0.2) is 29.4 Å². The van der Waals surface area contributed by atoms with Crippen molar-refractivity contribution in [3.05, 3.63) is 34.9 Å². The van der Waals surface area contributed by atoms with Gasteiger partial charge in [0.2, 0.25) is 0 Å². The third-order valence-electron chi connectivity index (χ3n) is 9.10. The van der Waals surface area contributed by atoms with Crippen LogP contribution in [0.15, 0.2) is 12.1 Å². The fraction of sp³-hybridized carbons (Fsp3) is 0.786. The monoisotopic (exact) mass is 462 g/mol. The smallest absolute Gasteiger partial charge is 0.162 e. The number of hydrogen-bond donors (Lipinski definition) is 0. The third kappa shape index (κ3) is 5.01. The molecule has 4 rings (SSSR count). The lowest BCUT2D eigenvalue weighted by Gasteiger charge is -2.50. The molecule has 1 aromatic rings. The molecule has 33 heavy (non-hydrogen) atoms. The summed E-state index contributed by atoms with van der Waals surface area (Å²) in [5.41, 5.74) is -0.213. The highest BCUT2D eigenvalue weighted by Crippen LogP contribution is 2.47. The number of hydrogen-bond acceptors (Lipinski definition) is 2. The average molecular weight is 463 g/mol. The van der Waals surface area contributed by atoms with Gasteiger partial charge in [0, 0.05) is 18.2 Å². The Labute approximate surface area is 198 Å². The molecule has 1 radical (unpaired) electrons. The van der Waals surface area contributed by atoms with Crippen molar-refractivity contribution in [3.8, 4) is 0 Å². The van der Waals surface area contributed by atoms with Crippen LogP contribution in [0.3, 0.4) is 0 Å². The number of ether oxygens (including phenoxy) is 1. The van der Waals surface area contributed by atoms with E-state index in [-0.39, 0.29) is 11.8 Å². The number of methoxy groups -OCH3 is 1. The highest BCUT2D eigenvalue weighted by molar-refractivity contribution is 5.32. The van der Waals surface area contributed by atoms with Crippen molar-refractivity contribution >= 4 is 0 Å². The standard InChI is InChI=1S/C28H42F2NO2/c1-27(2)16-21(17-28(3,4)31(27)32)24-15-14-23(25(29)26(24)30)20-8-6-18(7-9-20)19-10-12-22(33-5)13-11-19/h14-15,18-22H,6-13,16-17H2,1-5H3. The van der Waals surface area contributed by atoms with Gasteiger partial charge in [0.1, 0.15) is 0 Å². The Balaban J connectivity index is 1.43. The molecule has 1 heterocycles. The summed E-state index contributed by atoms with van der Waals surface area (Å²) in [7, 11) is 1.81. The Bertz CT molecular complexity index is 805. The molecule has 0 amide bonds. The minimum atomic E-state index is -0.691. The molecule has 185 valence electrons. The Kier molecular flexibility index (Phi) is 7.25. The molecular formula is C28H42F2NO2. The van der Waals surface area contributed by atoms with Crippen molar-refractivity contribution in [2.75, 3.05) is 7.11 Å². The molecular weight excluding hydrogens is 420 g/mol. The van der Waals surface area contributed by atoms with Crippen LogP contribution >= 0.6 is 0 Å². The van der Waals surface area contributed by atoms with Crippen LogP contribution in [-0.2, 0) is 9.94 Å². The number of rotatable bonds is 4. The van der Waals surface area contributed by atoms with Gasteiger partial charge in [-0.2, -0.15) is 0 Å². The molecule has 2 saturated carbocycles. The molecule has 0 aromatic heterocycles. The summed E-state index contributed by atoms with van der Waals surface area (Å²) in [6.07, 6.45) is 10.4. The topological polar surface area (TPSA) is 32.4 Å². The van der Waals surface area contributed by atoms with Crippen molar-refractivity contribution in [1.29, 1.82) is 0 Å². The Morgan fingerprint density at radius 3 is 1.64 bits per heavy atom. The van der Waals surface area contributed by atoms with Crippen molar-refractivity contribution in [3.63, 3.8) is 0 Å². The highest BCUT2D eigenvalue weighted by atomic mass is 19.2. The molecule has 2 aliphatic carbocycles. The second-order valence-corrected chi connectivity index (χ2v) is 12.3. The van der Waals surface area contributed by atoms with E-state index in [2.05, 4.69) is 0 Å². The van der Waals surface area contributed by atoms with Crippen molar-refractivity contribution < 1.29 is 18.7 Å². The predicted octanol–water partition coefficient (Wildman–Crippen LogP) is 7.53. The molecule has 1 saturated heterocycles. The van der Waals surface area contributed by atoms with Gasteiger partial charge in [0.05, 0.1) is 6.10 Å². The maximum Gasteiger partial charge on any atom is 0.162 e. The van der Waals surface area contributed by atoms with Crippen molar-refractivity contribution in [1.82, 2.24) is 5.06 Å². The fourth-order valence-corrected chi connectivity index (χ4v) is 7.39. The molecule has 3 nitrogen and oxygen atoms in total. The van der Waals surface area contributed by atoms with Gasteiger partial charge in [-0.25, -0.2) is 8.78 Å². The molecule has 1 aliphatic heterocycles. The van der Waals surface area contributed by atoms with E-state index < -0.39 is 22.7 Å². The fourth-order valence-electron chi connectivity index (χ4n) is 7.39. The van der Waals surface area contributed by atoms with Crippen LogP contribution in [0.2, 0.25) is 0 Å². The van der Waals surface area contributed by atoms with Crippen LogP contribution < -0.4 is 0 Å². The second kappa shape index (κ2) is 9.54. The lowest BCUT2D eigenvalue weighted by molar-refractivity contribution is -0.289. The van der Waals surface area contributed by atoms with E-state index in [0.717, 1.165) is 49.5 Å². The SMILES string of the molecule is COC1CCC(C2CCC(c3ccc(C4CC(C)(C)N([O])C(C)(C)C4)c(F)c3F)CC2)CC1. The van der Waals surface area contributed by atoms with Crippen LogP contribution in [0, 0.1) is 23.5 Å². The quantitative estimate of drug-likeness (QED) is 0.463. The molecule has 1 aromatic carbocycles. The van der Waals surface area contributed by atoms with E-state index in [9.17, 15) is 5.21 Å². The zero-order valence-electron chi connectivity index (χ0n) is 21.1. The van der Waals surface area contributed by atoms with Gasteiger partial charge < -0.3 is 4.74 Å². The molecule has 0 atom stereocenters. The molecule has 5 heteroatoms. The first kappa shape index (κ1) is 25.1. The molecule has 0 bridgehead atoms. The molecule has 3 aliphatic rings. The lowest BCUT2D eigenvalue weighted by Crippen LogP contribution is -2.57. The van der Waals surface area contributed by atoms with Gasteiger partial charge in [0.15, 0.2) is 11.6 Å². The first-order valence-corrected chi connectivity index (χ1v) is 13.0. The summed E-state index contributed by atoms with van der Waals surface area (Å²) in [5.74, 6) is 0.0891. The summed E-state index contributed by atoms with van der Waals surface area (Å²) in [6, 6.07) is 3.65. The van der Waals surface area contributed by atoms with E-state index >= 15 is 8.78 Å². The lowest BCUT2D eigenvalue weighted by atomic mass is 9.69. The van der Waals surface area contributed by atoms with E-state index in [0.29, 0.717) is 36.0 Å². The number of piperidine rings is 1. The number of nitrogens with zero attached hydrogens (tertiary/aromatic N) is 1. The van der Waals surface area contributed by atoms with Gasteiger partial charge in [-0.3, -0.25) is 0 Å². The second-order valence-electron chi connectivity index (χ2n) is 12.3. The Morgan fingerprint density at radius 1 is 0.758 bits per heavy atom. The molecule has 0 spiro atoms. The highest BCUT2D eigenvalue weighted by Gasteiger charge is 2.47. The number of hydroxylamine groups is 2. The molecule has 3 fully saturated rings. The predicted molar refractivity (Wildman–Crippen MR) is 126 cm³/mol. The summed E-state index contributed by atoms with van der Waals surface area (Å²) in [5, 5.41) is 13.8. The summed E-state index contributed by atoms with van der Waals surface area (Å²) in [4.78, 5) is 0. The van der Waals surface area contributed by atoms with Crippen LogP contribution in [0.5, 0.6) is 0 Å². The Hall–Kier alpha value is -1.04. The molecule has 0 unspecified atom stereocenters. The average Bonchev–Trinajstić information content (AvgIpc) is 2.79. The van der Waals surface area contributed by atoms with Gasteiger partial charge in [0.25, 0.3) is 0 Å². The normalized spacial score (nSPS) is 33.2. The van der Waals surface area contributed by atoms with Gasteiger partial charge >= 0.3 is 0 Å². The maximum absolute atomic E-state index is 15.4. The zero-order valence-corrected chi connectivity index (χ0v) is 21.1. The first-order chi connectivity index (χ1) is 15.5. The van der Waals surface area contributed by atoms with Crippen molar-refractivity contribution in [2.45, 2.75) is 121 Å². The summed E-state index contributed by atoms with van der Waals surface area (Å²) >= 11 is 0. The first-order valence-electron chi connectivity index (χ1n) is 13.0. The molecule has 0 N–H and O–H groups in total. The van der Waals surface area contributed by atoms with Gasteiger partial charge in [-0.15, -0.1) is 10.3 Å².